The second-order valence-corrected chi connectivity index (χ2v) is 4.97. The van der Waals surface area contributed by atoms with Crippen molar-refractivity contribution in [2.45, 2.75) is 18.9 Å². The predicted molar refractivity (Wildman–Crippen MR) is 73.4 cm³/mol. The van der Waals surface area contributed by atoms with Gasteiger partial charge in [0, 0.05) is 31.0 Å². The number of hydrogen-bond acceptors (Lipinski definition) is 4. The fourth-order valence-electron chi connectivity index (χ4n) is 2.53. The number of aromatic nitrogens is 2. The van der Waals surface area contributed by atoms with Gasteiger partial charge in [0.1, 0.15) is 5.82 Å². The second kappa shape index (κ2) is 5.61. The summed E-state index contributed by atoms with van der Waals surface area (Å²) in [7, 11) is 0. The number of ether oxygens (including phenoxy) is 1. The molecule has 0 aliphatic carbocycles. The lowest BCUT2D eigenvalue weighted by Gasteiger charge is -2.22. The topological polar surface area (TPSA) is 70.2 Å². The maximum absolute atomic E-state index is 13.4. The zero-order valence-electron chi connectivity index (χ0n) is 11.2. The second-order valence-electron chi connectivity index (χ2n) is 4.97. The number of hydrogen-bond donors (Lipinski definition) is 0. The van der Waals surface area contributed by atoms with Crippen molar-refractivity contribution in [1.82, 2.24) is 9.78 Å². The molecule has 0 amide bonds. The molecule has 3 rings (SSSR count). The summed E-state index contributed by atoms with van der Waals surface area (Å²) in [6.45, 7) is 1.36. The standard InChI is InChI=1S/C14H14FN3O3/c15-11-1-2-14(18(19)20)13(7-11)10-8-16-17(9-10)12-3-5-21-6-4-12/h1-2,7-9,12H,3-6H2. The minimum atomic E-state index is -0.513. The van der Waals surface area contributed by atoms with Crippen LogP contribution in [0.4, 0.5) is 10.1 Å². The van der Waals surface area contributed by atoms with E-state index in [0.29, 0.717) is 18.8 Å². The van der Waals surface area contributed by atoms with Crippen LogP contribution in [-0.2, 0) is 4.74 Å². The Morgan fingerprint density at radius 1 is 1.38 bits per heavy atom. The van der Waals surface area contributed by atoms with Gasteiger partial charge in [-0.2, -0.15) is 5.10 Å². The van der Waals surface area contributed by atoms with Gasteiger partial charge in [-0.25, -0.2) is 4.39 Å². The molecule has 2 aromatic rings. The van der Waals surface area contributed by atoms with Gasteiger partial charge in [0.15, 0.2) is 0 Å². The number of nitro groups is 1. The van der Waals surface area contributed by atoms with Crippen molar-refractivity contribution in [1.29, 1.82) is 0 Å². The Bertz CT molecular complexity index is 665. The van der Waals surface area contributed by atoms with Crippen molar-refractivity contribution < 1.29 is 14.1 Å². The molecule has 0 saturated carbocycles. The van der Waals surface area contributed by atoms with E-state index in [1.807, 2.05) is 0 Å². The van der Waals surface area contributed by atoms with E-state index in [1.165, 1.54) is 18.3 Å². The Hall–Kier alpha value is -2.28. The lowest BCUT2D eigenvalue weighted by Crippen LogP contribution is -2.19. The molecule has 1 aromatic carbocycles. The Morgan fingerprint density at radius 2 is 2.14 bits per heavy atom. The Balaban J connectivity index is 1.95. The van der Waals surface area contributed by atoms with Gasteiger partial charge >= 0.3 is 0 Å². The SMILES string of the molecule is O=[N+]([O-])c1ccc(F)cc1-c1cnn(C2CCOCC2)c1. The Labute approximate surface area is 120 Å². The lowest BCUT2D eigenvalue weighted by atomic mass is 10.1. The van der Waals surface area contributed by atoms with E-state index in [9.17, 15) is 14.5 Å². The van der Waals surface area contributed by atoms with Gasteiger partial charge in [-0.1, -0.05) is 0 Å². The summed E-state index contributed by atoms with van der Waals surface area (Å²) in [5.41, 5.74) is 0.675. The van der Waals surface area contributed by atoms with E-state index in [4.69, 9.17) is 4.74 Å². The third kappa shape index (κ3) is 2.78. The lowest BCUT2D eigenvalue weighted by molar-refractivity contribution is -0.384. The first-order valence-corrected chi connectivity index (χ1v) is 6.71. The van der Waals surface area contributed by atoms with Crippen LogP contribution in [0.3, 0.4) is 0 Å². The molecule has 1 fully saturated rings. The zero-order chi connectivity index (χ0) is 14.8. The van der Waals surface area contributed by atoms with E-state index < -0.39 is 10.7 Å². The van der Waals surface area contributed by atoms with Crippen molar-refractivity contribution in [3.63, 3.8) is 0 Å². The molecule has 0 radical (unpaired) electrons. The van der Waals surface area contributed by atoms with E-state index in [2.05, 4.69) is 5.10 Å². The van der Waals surface area contributed by atoms with Crippen molar-refractivity contribution in [2.75, 3.05) is 13.2 Å². The molecule has 7 heteroatoms. The molecule has 0 unspecified atom stereocenters. The largest absolute Gasteiger partial charge is 0.381 e. The minimum Gasteiger partial charge on any atom is -0.381 e. The monoisotopic (exact) mass is 291 g/mol. The highest BCUT2D eigenvalue weighted by molar-refractivity contribution is 5.72. The average Bonchev–Trinajstić information content (AvgIpc) is 2.97. The third-order valence-electron chi connectivity index (χ3n) is 3.63. The molecule has 1 aliphatic rings. The first-order chi connectivity index (χ1) is 10.1. The third-order valence-corrected chi connectivity index (χ3v) is 3.63. The summed E-state index contributed by atoms with van der Waals surface area (Å²) in [6.07, 6.45) is 4.98. The fraction of sp³-hybridized carbons (Fsp3) is 0.357. The molecule has 2 heterocycles. The minimum absolute atomic E-state index is 0.122. The highest BCUT2D eigenvalue weighted by Crippen LogP contribution is 2.31. The fourth-order valence-corrected chi connectivity index (χ4v) is 2.53. The van der Waals surface area contributed by atoms with Crippen LogP contribution in [0.15, 0.2) is 30.6 Å². The molecule has 1 aromatic heterocycles. The van der Waals surface area contributed by atoms with Gasteiger partial charge in [-0.05, 0) is 25.0 Å². The number of nitro benzene ring substituents is 1. The molecule has 1 aliphatic heterocycles. The summed E-state index contributed by atoms with van der Waals surface area (Å²) in [6, 6.07) is 3.66. The number of nitrogens with zero attached hydrogens (tertiary/aromatic N) is 3. The summed E-state index contributed by atoms with van der Waals surface area (Å²) in [5.74, 6) is -0.505. The van der Waals surface area contributed by atoms with Crippen molar-refractivity contribution in [2.24, 2.45) is 0 Å². The highest BCUT2D eigenvalue weighted by Gasteiger charge is 2.20. The highest BCUT2D eigenvalue weighted by atomic mass is 19.1. The van der Waals surface area contributed by atoms with Gasteiger partial charge in [0.2, 0.25) is 0 Å². The van der Waals surface area contributed by atoms with Gasteiger partial charge in [-0.15, -0.1) is 0 Å². The van der Waals surface area contributed by atoms with Crippen LogP contribution in [0.25, 0.3) is 11.1 Å². The van der Waals surface area contributed by atoms with Crippen LogP contribution in [0.1, 0.15) is 18.9 Å². The first kappa shape index (κ1) is 13.7. The van der Waals surface area contributed by atoms with Gasteiger partial charge in [-0.3, -0.25) is 14.8 Å². The number of halogens is 1. The summed E-state index contributed by atoms with van der Waals surface area (Å²) >= 11 is 0. The van der Waals surface area contributed by atoms with E-state index in [0.717, 1.165) is 18.9 Å². The molecule has 110 valence electrons. The Kier molecular flexibility index (Phi) is 3.66. The van der Waals surface area contributed by atoms with Gasteiger partial charge in [0.25, 0.3) is 5.69 Å². The Morgan fingerprint density at radius 3 is 2.86 bits per heavy atom. The normalized spacial score (nSPS) is 16.0. The molecule has 0 N–H and O–H groups in total. The maximum atomic E-state index is 13.4. The predicted octanol–water partition coefficient (Wildman–Crippen LogP) is 2.95. The summed E-state index contributed by atoms with van der Waals surface area (Å²) in [4.78, 5) is 10.5. The molecule has 0 bridgehead atoms. The van der Waals surface area contributed by atoms with Crippen LogP contribution in [-0.4, -0.2) is 27.9 Å². The van der Waals surface area contributed by atoms with Gasteiger partial charge in [0.05, 0.1) is 22.7 Å². The maximum Gasteiger partial charge on any atom is 0.277 e. The quantitative estimate of drug-likeness (QED) is 0.644. The van der Waals surface area contributed by atoms with Crippen LogP contribution >= 0.6 is 0 Å². The molecule has 21 heavy (non-hydrogen) atoms. The van der Waals surface area contributed by atoms with E-state index in [1.54, 1.807) is 10.9 Å². The summed E-state index contributed by atoms with van der Waals surface area (Å²) in [5, 5.41) is 15.3. The van der Waals surface area contributed by atoms with Crippen molar-refractivity contribution in [3.8, 4) is 11.1 Å². The molecular weight excluding hydrogens is 277 g/mol. The molecule has 0 atom stereocenters. The van der Waals surface area contributed by atoms with Crippen molar-refractivity contribution in [3.05, 3.63) is 46.5 Å². The van der Waals surface area contributed by atoms with E-state index in [-0.39, 0.29) is 17.3 Å². The zero-order valence-corrected chi connectivity index (χ0v) is 11.2. The van der Waals surface area contributed by atoms with Gasteiger partial charge < -0.3 is 4.74 Å². The first-order valence-electron chi connectivity index (χ1n) is 6.71. The van der Waals surface area contributed by atoms with Crippen molar-refractivity contribution >= 4 is 5.69 Å². The number of benzene rings is 1. The molecular formula is C14H14FN3O3. The van der Waals surface area contributed by atoms with Crippen LogP contribution in [0, 0.1) is 15.9 Å². The number of rotatable bonds is 3. The van der Waals surface area contributed by atoms with Crippen LogP contribution in [0.2, 0.25) is 0 Å². The van der Waals surface area contributed by atoms with Crippen LogP contribution < -0.4 is 0 Å². The summed E-state index contributed by atoms with van der Waals surface area (Å²) < 4.78 is 20.5. The van der Waals surface area contributed by atoms with E-state index >= 15 is 0 Å². The molecule has 6 nitrogen and oxygen atoms in total. The average molecular weight is 291 g/mol. The van der Waals surface area contributed by atoms with Crippen LogP contribution in [0.5, 0.6) is 0 Å². The smallest absolute Gasteiger partial charge is 0.277 e. The molecule has 1 saturated heterocycles. The molecule has 0 spiro atoms.